The van der Waals surface area contributed by atoms with Gasteiger partial charge in [-0.05, 0) is 11.4 Å². The van der Waals surface area contributed by atoms with Crippen molar-refractivity contribution >= 4 is 46.5 Å². The molecule has 0 saturated carbocycles. The average molecular weight is 307 g/mol. The molecule has 88 valence electrons. The van der Waals surface area contributed by atoms with Gasteiger partial charge in [-0.1, -0.05) is 29.3 Å². The molecule has 0 aliphatic carbocycles. The predicted molar refractivity (Wildman–Crippen MR) is 71.0 cm³/mol. The van der Waals surface area contributed by atoms with Gasteiger partial charge < -0.3 is 0 Å². The first-order valence-corrected chi connectivity index (χ1v) is 6.83. The highest BCUT2D eigenvalue weighted by Crippen LogP contribution is 2.39. The van der Waals surface area contributed by atoms with E-state index in [1.807, 2.05) is 17.5 Å². The zero-order valence-electron chi connectivity index (χ0n) is 8.23. The van der Waals surface area contributed by atoms with Crippen molar-refractivity contribution < 1.29 is 4.39 Å². The molecule has 2 heterocycles. The van der Waals surface area contributed by atoms with Gasteiger partial charge in [-0.25, -0.2) is 0 Å². The number of alkyl halides is 3. The molecular formula is C10H5Cl2FN2S2. The van der Waals surface area contributed by atoms with Gasteiger partial charge >= 0.3 is 3.92 Å². The molecular weight excluding hydrogens is 302 g/mol. The monoisotopic (exact) mass is 306 g/mol. The second-order valence-corrected chi connectivity index (χ2v) is 6.87. The molecule has 2 aromatic rings. The highest BCUT2D eigenvalue weighted by atomic mass is 35.5. The first-order valence-electron chi connectivity index (χ1n) is 4.42. The largest absolute Gasteiger partial charge is 0.323 e. The molecule has 17 heavy (non-hydrogen) atoms. The third kappa shape index (κ3) is 3.17. The molecule has 0 fully saturated rings. The quantitative estimate of drug-likeness (QED) is 0.773. The van der Waals surface area contributed by atoms with Gasteiger partial charge in [0, 0.05) is 34.8 Å². The molecule has 0 aromatic carbocycles. The van der Waals surface area contributed by atoms with Gasteiger partial charge in [0.15, 0.2) is 0 Å². The molecule has 0 spiro atoms. The molecule has 2 nitrogen and oxygen atoms in total. The van der Waals surface area contributed by atoms with Gasteiger partial charge in [-0.3, -0.25) is 3.97 Å². The molecule has 2 rings (SSSR count). The summed E-state index contributed by atoms with van der Waals surface area (Å²) >= 11 is 12.6. The van der Waals surface area contributed by atoms with Gasteiger partial charge in [-0.15, -0.1) is 11.3 Å². The number of thiophene rings is 1. The predicted octanol–water partition coefficient (Wildman–Crippen LogP) is 4.64. The molecule has 0 N–H and O–H groups in total. The summed E-state index contributed by atoms with van der Waals surface area (Å²) in [7, 11) is 0. The molecule has 0 unspecified atom stereocenters. The summed E-state index contributed by atoms with van der Waals surface area (Å²) in [5, 5.41) is 10.9. The molecule has 2 aromatic heterocycles. The molecule has 0 aliphatic rings. The second-order valence-electron chi connectivity index (χ2n) is 3.07. The van der Waals surface area contributed by atoms with Crippen molar-refractivity contribution in [2.75, 3.05) is 0 Å². The number of hydrogen-bond acceptors (Lipinski definition) is 3. The zero-order chi connectivity index (χ0) is 12.5. The number of hydrogen-bond donors (Lipinski definition) is 0. The van der Waals surface area contributed by atoms with E-state index in [9.17, 15) is 4.39 Å². The van der Waals surface area contributed by atoms with E-state index < -0.39 is 3.92 Å². The zero-order valence-corrected chi connectivity index (χ0v) is 11.4. The van der Waals surface area contributed by atoms with E-state index >= 15 is 0 Å². The minimum atomic E-state index is -2.42. The van der Waals surface area contributed by atoms with Gasteiger partial charge in [0.1, 0.15) is 6.07 Å². The summed E-state index contributed by atoms with van der Waals surface area (Å²) in [6.07, 6.45) is 3.13. The lowest BCUT2D eigenvalue weighted by Gasteiger charge is -2.07. The van der Waals surface area contributed by atoms with E-state index in [1.165, 1.54) is 21.5 Å². The SMILES string of the molecule is N#Cc1cn(SC(F)(Cl)Cl)cc1-c1cccs1. The minimum Gasteiger partial charge on any atom is -0.292 e. The Hall–Kier alpha value is -0.670. The Balaban J connectivity index is 2.38. The van der Waals surface area contributed by atoms with Gasteiger partial charge in [0.05, 0.1) is 5.56 Å². The average Bonchev–Trinajstić information content (AvgIpc) is 2.82. The second kappa shape index (κ2) is 4.91. The lowest BCUT2D eigenvalue weighted by Crippen LogP contribution is -1.99. The third-order valence-electron chi connectivity index (χ3n) is 1.92. The van der Waals surface area contributed by atoms with Crippen LogP contribution in [-0.2, 0) is 0 Å². The number of nitrogens with zero attached hydrogens (tertiary/aromatic N) is 2. The molecule has 0 radical (unpaired) electrons. The van der Waals surface area contributed by atoms with Crippen molar-refractivity contribution in [2.45, 2.75) is 3.92 Å². The fourth-order valence-corrected chi connectivity index (χ4v) is 3.10. The summed E-state index contributed by atoms with van der Waals surface area (Å²) in [4.78, 5) is 0.939. The van der Waals surface area contributed by atoms with Crippen LogP contribution in [0.3, 0.4) is 0 Å². The van der Waals surface area contributed by atoms with Crippen molar-refractivity contribution in [2.24, 2.45) is 0 Å². The van der Waals surface area contributed by atoms with E-state index in [1.54, 1.807) is 6.20 Å². The molecule has 0 saturated heterocycles. The van der Waals surface area contributed by atoms with E-state index in [-0.39, 0.29) is 0 Å². The van der Waals surface area contributed by atoms with Crippen LogP contribution in [0.4, 0.5) is 4.39 Å². The summed E-state index contributed by atoms with van der Waals surface area (Å²) in [5.41, 5.74) is 1.20. The number of halogens is 3. The maximum Gasteiger partial charge on any atom is 0.323 e. The van der Waals surface area contributed by atoms with Crippen LogP contribution in [0, 0.1) is 11.3 Å². The van der Waals surface area contributed by atoms with Gasteiger partial charge in [0.2, 0.25) is 0 Å². The first kappa shape index (κ1) is 12.8. The molecule has 0 atom stereocenters. The smallest absolute Gasteiger partial charge is 0.292 e. The minimum absolute atomic E-state index is 0.456. The molecule has 0 amide bonds. The summed E-state index contributed by atoms with van der Waals surface area (Å²) in [5.74, 6) is 0. The van der Waals surface area contributed by atoms with Crippen LogP contribution in [0.15, 0.2) is 29.9 Å². The molecule has 7 heteroatoms. The van der Waals surface area contributed by atoms with E-state index in [4.69, 9.17) is 28.5 Å². The van der Waals surface area contributed by atoms with E-state index in [0.717, 1.165) is 10.4 Å². The Bertz CT molecular complexity index is 552. The van der Waals surface area contributed by atoms with Crippen LogP contribution in [0.5, 0.6) is 0 Å². The van der Waals surface area contributed by atoms with Crippen molar-refractivity contribution in [3.05, 3.63) is 35.5 Å². The van der Waals surface area contributed by atoms with Crippen LogP contribution in [-0.4, -0.2) is 7.89 Å². The number of nitriles is 1. The van der Waals surface area contributed by atoms with Crippen LogP contribution in [0.25, 0.3) is 10.4 Å². The standard InChI is InChI=1S/C10H5Cl2FN2S2/c11-10(12,13)17-15-5-7(4-14)8(6-15)9-2-1-3-16-9/h1-3,5-6H. The fraction of sp³-hybridized carbons (Fsp3) is 0.100. The fourth-order valence-electron chi connectivity index (χ4n) is 1.32. The number of rotatable bonds is 3. The maximum absolute atomic E-state index is 13.1. The summed E-state index contributed by atoms with van der Waals surface area (Å²) < 4.78 is 12.0. The molecule has 0 bridgehead atoms. The van der Waals surface area contributed by atoms with Gasteiger partial charge in [0.25, 0.3) is 0 Å². The van der Waals surface area contributed by atoms with Crippen molar-refractivity contribution in [3.8, 4) is 16.5 Å². The van der Waals surface area contributed by atoms with E-state index in [2.05, 4.69) is 6.07 Å². The first-order chi connectivity index (χ1) is 7.99. The number of aromatic nitrogens is 1. The van der Waals surface area contributed by atoms with Crippen LogP contribution in [0.1, 0.15) is 5.56 Å². The van der Waals surface area contributed by atoms with Crippen molar-refractivity contribution in [1.82, 2.24) is 3.97 Å². The van der Waals surface area contributed by atoms with Crippen LogP contribution >= 0.6 is 46.5 Å². The summed E-state index contributed by atoms with van der Waals surface area (Å²) in [6, 6.07) is 5.83. The molecule has 0 aliphatic heterocycles. The normalized spacial score (nSPS) is 11.4. The van der Waals surface area contributed by atoms with Crippen molar-refractivity contribution in [1.29, 1.82) is 5.26 Å². The van der Waals surface area contributed by atoms with E-state index in [0.29, 0.717) is 17.5 Å². The Morgan fingerprint density at radius 1 is 1.47 bits per heavy atom. The van der Waals surface area contributed by atoms with Crippen molar-refractivity contribution in [3.63, 3.8) is 0 Å². The summed E-state index contributed by atoms with van der Waals surface area (Å²) in [6.45, 7) is 0. The lowest BCUT2D eigenvalue weighted by molar-refractivity contribution is 0.514. The Labute approximate surface area is 116 Å². The van der Waals surface area contributed by atoms with Crippen LogP contribution < -0.4 is 0 Å². The Morgan fingerprint density at radius 2 is 2.24 bits per heavy atom. The highest BCUT2D eigenvalue weighted by Gasteiger charge is 2.25. The third-order valence-corrected chi connectivity index (χ3v) is 3.86. The highest BCUT2D eigenvalue weighted by molar-refractivity contribution is 8.01. The Morgan fingerprint density at radius 3 is 2.76 bits per heavy atom. The van der Waals surface area contributed by atoms with Crippen LogP contribution in [0.2, 0.25) is 0 Å². The maximum atomic E-state index is 13.1. The van der Waals surface area contributed by atoms with Gasteiger partial charge in [-0.2, -0.15) is 9.65 Å². The topological polar surface area (TPSA) is 28.7 Å². The Kier molecular flexibility index (Phi) is 3.69. The lowest BCUT2D eigenvalue weighted by atomic mass is 10.2.